The predicted molar refractivity (Wildman–Crippen MR) is 186 cm³/mol. The minimum Gasteiger partial charge on any atom is -0.492 e. The molecule has 44 heavy (non-hydrogen) atoms. The molecular weight excluding hydrogens is 587 g/mol. The van der Waals surface area contributed by atoms with E-state index in [4.69, 9.17) is 32.7 Å². The molecule has 0 aromatic heterocycles. The highest BCUT2D eigenvalue weighted by Gasteiger charge is 2.23. The van der Waals surface area contributed by atoms with E-state index in [9.17, 15) is 0 Å². The van der Waals surface area contributed by atoms with Gasteiger partial charge in [0.1, 0.15) is 24.2 Å². The largest absolute Gasteiger partial charge is 0.492 e. The molecule has 0 spiro atoms. The van der Waals surface area contributed by atoms with Gasteiger partial charge in [0.05, 0.1) is 0 Å². The standard InChI is InChI=1S/2C19H28ClNO/c1-15(21-11-5-6-12-21)14-22-19-13-17(20)9-10-18(19)16-7-3-2-4-8-16;1-15(14-21-11-5-6-12-21)22-19-13-17(20)9-10-18(19)16-7-3-2-4-8-16/h2*9-10,13,15-16H,2-8,11-12,14H2,1H3. The van der Waals surface area contributed by atoms with Crippen LogP contribution in [-0.2, 0) is 0 Å². The van der Waals surface area contributed by atoms with Crippen LogP contribution in [0.3, 0.4) is 0 Å². The molecule has 2 aromatic carbocycles. The number of rotatable bonds is 10. The maximum atomic E-state index is 6.32. The van der Waals surface area contributed by atoms with Crippen molar-refractivity contribution < 1.29 is 9.47 Å². The lowest BCUT2D eigenvalue weighted by Gasteiger charge is -2.27. The second kappa shape index (κ2) is 17.5. The van der Waals surface area contributed by atoms with Crippen LogP contribution < -0.4 is 9.47 Å². The summed E-state index contributed by atoms with van der Waals surface area (Å²) >= 11 is 12.4. The first-order valence-electron chi connectivity index (χ1n) is 17.8. The molecule has 6 heteroatoms. The Morgan fingerprint density at radius 2 is 1.16 bits per heavy atom. The third-order valence-corrected chi connectivity index (χ3v) is 10.8. The Kier molecular flexibility index (Phi) is 13.4. The van der Waals surface area contributed by atoms with Gasteiger partial charge in [-0.25, -0.2) is 0 Å². The van der Waals surface area contributed by atoms with E-state index >= 15 is 0 Å². The molecule has 2 saturated carbocycles. The van der Waals surface area contributed by atoms with Crippen molar-refractivity contribution in [3.05, 3.63) is 57.6 Å². The van der Waals surface area contributed by atoms with Crippen LogP contribution in [0.15, 0.2) is 36.4 Å². The van der Waals surface area contributed by atoms with Gasteiger partial charge in [-0.05, 0) is 139 Å². The molecule has 4 nitrogen and oxygen atoms in total. The first-order chi connectivity index (χ1) is 21.5. The molecule has 2 saturated heterocycles. The van der Waals surface area contributed by atoms with Gasteiger partial charge >= 0.3 is 0 Å². The Labute approximate surface area is 277 Å². The summed E-state index contributed by atoms with van der Waals surface area (Å²) in [7, 11) is 0. The zero-order valence-corrected chi connectivity index (χ0v) is 28.9. The Hall–Kier alpha value is -1.46. The summed E-state index contributed by atoms with van der Waals surface area (Å²) in [4.78, 5) is 5.04. The molecule has 4 fully saturated rings. The second-order valence-corrected chi connectivity index (χ2v) is 14.7. The van der Waals surface area contributed by atoms with Gasteiger partial charge in [-0.2, -0.15) is 0 Å². The third kappa shape index (κ3) is 10.0. The zero-order valence-electron chi connectivity index (χ0n) is 27.4. The van der Waals surface area contributed by atoms with Gasteiger partial charge in [-0.3, -0.25) is 9.80 Å². The molecule has 0 amide bonds. The van der Waals surface area contributed by atoms with E-state index in [2.05, 4.69) is 35.8 Å². The lowest BCUT2D eigenvalue weighted by molar-refractivity contribution is 0.159. The molecule has 0 N–H and O–H groups in total. The van der Waals surface area contributed by atoms with Gasteiger partial charge in [-0.15, -0.1) is 0 Å². The number of hydrogen-bond donors (Lipinski definition) is 0. The van der Waals surface area contributed by atoms with Crippen LogP contribution in [0, 0.1) is 0 Å². The lowest BCUT2D eigenvalue weighted by atomic mass is 9.84. The maximum Gasteiger partial charge on any atom is 0.124 e. The van der Waals surface area contributed by atoms with Crippen molar-refractivity contribution >= 4 is 23.2 Å². The fourth-order valence-corrected chi connectivity index (χ4v) is 8.15. The van der Waals surface area contributed by atoms with E-state index in [1.54, 1.807) is 0 Å². The molecule has 6 rings (SSSR count). The Morgan fingerprint density at radius 3 is 1.73 bits per heavy atom. The summed E-state index contributed by atoms with van der Waals surface area (Å²) in [5.41, 5.74) is 2.75. The van der Waals surface area contributed by atoms with Crippen LogP contribution >= 0.6 is 23.2 Å². The summed E-state index contributed by atoms with van der Waals surface area (Å²) in [6.45, 7) is 11.1. The molecule has 2 heterocycles. The highest BCUT2D eigenvalue weighted by atomic mass is 35.5. The van der Waals surface area contributed by atoms with Gasteiger partial charge in [0.25, 0.3) is 0 Å². The number of halogens is 2. The molecular formula is C38H56Cl2N2O2. The topological polar surface area (TPSA) is 24.9 Å². The van der Waals surface area contributed by atoms with E-state index in [0.29, 0.717) is 17.9 Å². The summed E-state index contributed by atoms with van der Waals surface area (Å²) in [6, 6.07) is 12.9. The molecule has 2 unspecified atom stereocenters. The van der Waals surface area contributed by atoms with Gasteiger partial charge < -0.3 is 9.47 Å². The van der Waals surface area contributed by atoms with Crippen molar-refractivity contribution in [3.8, 4) is 11.5 Å². The quantitative estimate of drug-likeness (QED) is 0.257. The van der Waals surface area contributed by atoms with Crippen LogP contribution in [0.1, 0.15) is 127 Å². The van der Waals surface area contributed by atoms with Crippen molar-refractivity contribution in [2.24, 2.45) is 0 Å². The smallest absolute Gasteiger partial charge is 0.124 e. The molecule has 0 radical (unpaired) electrons. The highest BCUT2D eigenvalue weighted by Crippen LogP contribution is 2.40. The minimum absolute atomic E-state index is 0.221. The van der Waals surface area contributed by atoms with Crippen molar-refractivity contribution in [1.29, 1.82) is 0 Å². The van der Waals surface area contributed by atoms with Gasteiger partial charge in [-0.1, -0.05) is 73.9 Å². The number of hydrogen-bond acceptors (Lipinski definition) is 4. The SMILES string of the molecule is CC(CN1CCCC1)Oc1cc(Cl)ccc1C1CCCCC1.CC(COc1cc(Cl)ccc1C1CCCCC1)N1CCCC1. The Bertz CT molecular complexity index is 1140. The molecule has 2 aliphatic heterocycles. The maximum absolute atomic E-state index is 6.32. The number of benzene rings is 2. The Balaban J connectivity index is 0.000000175. The van der Waals surface area contributed by atoms with Gasteiger partial charge in [0, 0.05) is 22.6 Å². The first kappa shape index (κ1) is 33.9. The van der Waals surface area contributed by atoms with Crippen LogP contribution in [0.4, 0.5) is 0 Å². The summed E-state index contributed by atoms with van der Waals surface area (Å²) in [5.74, 6) is 3.35. The summed E-state index contributed by atoms with van der Waals surface area (Å²) in [5, 5.41) is 1.56. The van der Waals surface area contributed by atoms with Crippen molar-refractivity contribution in [2.45, 2.75) is 128 Å². The van der Waals surface area contributed by atoms with E-state index in [1.807, 2.05) is 24.3 Å². The third-order valence-electron chi connectivity index (χ3n) is 10.3. The summed E-state index contributed by atoms with van der Waals surface area (Å²) in [6.07, 6.45) is 18.8. The minimum atomic E-state index is 0.221. The van der Waals surface area contributed by atoms with E-state index in [-0.39, 0.29) is 6.10 Å². The average Bonchev–Trinajstić information content (AvgIpc) is 3.77. The number of ether oxygens (including phenoxy) is 2. The van der Waals surface area contributed by atoms with Crippen LogP contribution in [0.2, 0.25) is 10.0 Å². The van der Waals surface area contributed by atoms with Crippen molar-refractivity contribution in [3.63, 3.8) is 0 Å². The average molecular weight is 644 g/mol. The highest BCUT2D eigenvalue weighted by molar-refractivity contribution is 6.31. The monoisotopic (exact) mass is 642 g/mol. The van der Waals surface area contributed by atoms with Crippen LogP contribution in [-0.4, -0.2) is 61.3 Å². The molecule has 244 valence electrons. The van der Waals surface area contributed by atoms with Crippen LogP contribution in [0.25, 0.3) is 0 Å². The lowest BCUT2D eigenvalue weighted by Crippen LogP contribution is -2.35. The van der Waals surface area contributed by atoms with E-state index in [1.165, 1.54) is 127 Å². The second-order valence-electron chi connectivity index (χ2n) is 13.9. The molecule has 4 aliphatic rings. The molecule has 2 atom stereocenters. The van der Waals surface area contributed by atoms with E-state index in [0.717, 1.165) is 34.7 Å². The van der Waals surface area contributed by atoms with Gasteiger partial charge in [0.15, 0.2) is 0 Å². The number of likely N-dealkylation sites (tertiary alicyclic amines) is 2. The summed E-state index contributed by atoms with van der Waals surface area (Å²) < 4.78 is 12.5. The number of nitrogens with zero attached hydrogens (tertiary/aromatic N) is 2. The zero-order chi connectivity index (χ0) is 30.7. The predicted octanol–water partition coefficient (Wildman–Crippen LogP) is 10.5. The van der Waals surface area contributed by atoms with Crippen molar-refractivity contribution in [2.75, 3.05) is 39.3 Å². The van der Waals surface area contributed by atoms with Gasteiger partial charge in [0.2, 0.25) is 0 Å². The van der Waals surface area contributed by atoms with E-state index < -0.39 is 0 Å². The molecule has 0 bridgehead atoms. The normalized spacial score (nSPS) is 21.9. The first-order valence-corrected chi connectivity index (χ1v) is 18.6. The molecule has 2 aliphatic carbocycles. The fraction of sp³-hybridized carbons (Fsp3) is 0.684. The van der Waals surface area contributed by atoms with Crippen LogP contribution in [0.5, 0.6) is 11.5 Å². The molecule has 2 aromatic rings. The van der Waals surface area contributed by atoms with Crippen molar-refractivity contribution in [1.82, 2.24) is 9.80 Å². The fourth-order valence-electron chi connectivity index (χ4n) is 7.83. The Morgan fingerprint density at radius 1 is 0.659 bits per heavy atom.